The van der Waals surface area contributed by atoms with Crippen LogP contribution in [0.2, 0.25) is 0 Å². The van der Waals surface area contributed by atoms with Crippen LogP contribution in [0.25, 0.3) is 10.9 Å². The topological polar surface area (TPSA) is 78.4 Å². The predicted octanol–water partition coefficient (Wildman–Crippen LogP) is 1.16. The number of para-hydroxylation sites is 1. The van der Waals surface area contributed by atoms with Gasteiger partial charge in [-0.3, -0.25) is 4.79 Å². The number of halogens is 1. The first-order chi connectivity index (χ1) is 10.7. The fourth-order valence-corrected chi connectivity index (χ4v) is 2.75. The highest BCUT2D eigenvalue weighted by molar-refractivity contribution is 5.92. The van der Waals surface area contributed by atoms with Crippen LogP contribution in [-0.2, 0) is 4.79 Å². The normalized spacial score (nSPS) is 18.7. The van der Waals surface area contributed by atoms with Crippen molar-refractivity contribution in [2.24, 2.45) is 0 Å². The lowest BCUT2D eigenvalue weighted by atomic mass is 10.0. The first-order valence-corrected chi connectivity index (χ1v) is 7.26. The molecular weight excluding hydrogens is 287 g/mol. The number of aliphatic hydroxyl groups is 1. The van der Waals surface area contributed by atoms with Crippen molar-refractivity contribution in [2.75, 3.05) is 25.0 Å². The van der Waals surface area contributed by atoms with Crippen molar-refractivity contribution in [3.05, 3.63) is 30.3 Å². The average Bonchev–Trinajstić information content (AvgIpc) is 2.52. The largest absolute Gasteiger partial charge is 0.395 e. The van der Waals surface area contributed by atoms with Crippen LogP contribution >= 0.6 is 0 Å². The number of rotatable bonds is 4. The smallest absolute Gasteiger partial charge is 0.245 e. The highest BCUT2D eigenvalue weighted by Crippen LogP contribution is 2.23. The summed E-state index contributed by atoms with van der Waals surface area (Å²) in [6.45, 7) is 0.924. The maximum absolute atomic E-state index is 13.8. The summed E-state index contributed by atoms with van der Waals surface area (Å²) in [4.78, 5) is 22.1. The van der Waals surface area contributed by atoms with Gasteiger partial charge in [-0.25, -0.2) is 14.4 Å². The number of nitrogens with one attached hydrogen (secondary N) is 1. The van der Waals surface area contributed by atoms with E-state index in [0.29, 0.717) is 30.7 Å². The molecule has 1 aliphatic heterocycles. The monoisotopic (exact) mass is 304 g/mol. The molecule has 2 heterocycles. The average molecular weight is 304 g/mol. The molecule has 0 saturated carbocycles. The molecule has 1 atom stereocenters. The summed E-state index contributed by atoms with van der Waals surface area (Å²) in [5.74, 6) is -0.0306. The van der Waals surface area contributed by atoms with E-state index in [0.717, 1.165) is 6.42 Å². The zero-order valence-corrected chi connectivity index (χ0v) is 12.0. The van der Waals surface area contributed by atoms with E-state index < -0.39 is 11.9 Å². The second-order valence-corrected chi connectivity index (χ2v) is 5.25. The van der Waals surface area contributed by atoms with Gasteiger partial charge in [-0.05, 0) is 25.0 Å². The van der Waals surface area contributed by atoms with Crippen LogP contribution in [0.4, 0.5) is 10.2 Å². The Labute approximate surface area is 127 Å². The highest BCUT2D eigenvalue weighted by Gasteiger charge is 2.28. The number of likely N-dealkylation sites (tertiary alicyclic amines) is 1. The van der Waals surface area contributed by atoms with Gasteiger partial charge in [-0.15, -0.1) is 0 Å². The van der Waals surface area contributed by atoms with Gasteiger partial charge >= 0.3 is 0 Å². The molecule has 0 spiro atoms. The van der Waals surface area contributed by atoms with Gasteiger partial charge in [0.15, 0.2) is 0 Å². The molecule has 0 aliphatic carbocycles. The first kappa shape index (κ1) is 14.6. The van der Waals surface area contributed by atoms with Crippen molar-refractivity contribution in [3.63, 3.8) is 0 Å². The number of anilines is 1. The van der Waals surface area contributed by atoms with E-state index in [1.807, 2.05) is 0 Å². The Balaban J connectivity index is 1.87. The van der Waals surface area contributed by atoms with Crippen LogP contribution in [0.1, 0.15) is 12.8 Å². The minimum absolute atomic E-state index is 0.0554. The quantitative estimate of drug-likeness (QED) is 0.886. The molecule has 1 fully saturated rings. The molecule has 0 bridgehead atoms. The number of benzene rings is 1. The second kappa shape index (κ2) is 6.23. The minimum Gasteiger partial charge on any atom is -0.395 e. The Kier molecular flexibility index (Phi) is 4.15. The molecule has 3 rings (SSSR count). The molecule has 22 heavy (non-hydrogen) atoms. The zero-order valence-electron chi connectivity index (χ0n) is 12.0. The van der Waals surface area contributed by atoms with Crippen molar-refractivity contribution < 1.29 is 14.3 Å². The fraction of sp³-hybridized carbons (Fsp3) is 0.400. The number of nitrogens with zero attached hydrogens (tertiary/aromatic N) is 3. The molecule has 1 aromatic carbocycles. The lowest BCUT2D eigenvalue weighted by Crippen LogP contribution is -2.48. The number of carbonyl (C=O) groups excluding carboxylic acids is 1. The van der Waals surface area contributed by atoms with Crippen molar-refractivity contribution in [1.29, 1.82) is 0 Å². The summed E-state index contributed by atoms with van der Waals surface area (Å²) in [6.07, 6.45) is 2.81. The van der Waals surface area contributed by atoms with Gasteiger partial charge < -0.3 is 15.3 Å². The SMILES string of the molecule is O=C1[C@H](Nc2ncnc3c(F)cccc23)CCCN1CCO. The Morgan fingerprint density at radius 1 is 1.41 bits per heavy atom. The molecule has 2 N–H and O–H groups in total. The molecule has 116 valence electrons. The zero-order chi connectivity index (χ0) is 15.5. The van der Waals surface area contributed by atoms with Crippen molar-refractivity contribution in [3.8, 4) is 0 Å². The molecule has 1 saturated heterocycles. The van der Waals surface area contributed by atoms with Gasteiger partial charge in [0.05, 0.1) is 6.61 Å². The van der Waals surface area contributed by atoms with E-state index in [4.69, 9.17) is 5.11 Å². The third-order valence-electron chi connectivity index (χ3n) is 3.83. The molecule has 1 amide bonds. The van der Waals surface area contributed by atoms with Crippen molar-refractivity contribution in [1.82, 2.24) is 14.9 Å². The van der Waals surface area contributed by atoms with Crippen LogP contribution in [0, 0.1) is 5.82 Å². The number of fused-ring (bicyclic) bond motifs is 1. The second-order valence-electron chi connectivity index (χ2n) is 5.25. The third-order valence-corrected chi connectivity index (χ3v) is 3.83. The van der Waals surface area contributed by atoms with Gasteiger partial charge in [0.25, 0.3) is 0 Å². The summed E-state index contributed by atoms with van der Waals surface area (Å²) in [6, 6.07) is 4.24. The molecule has 0 unspecified atom stereocenters. The first-order valence-electron chi connectivity index (χ1n) is 7.26. The molecule has 0 radical (unpaired) electrons. The molecule has 1 aromatic heterocycles. The number of carbonyl (C=O) groups is 1. The molecule has 2 aromatic rings. The Hall–Kier alpha value is -2.28. The Morgan fingerprint density at radius 2 is 2.27 bits per heavy atom. The van der Waals surface area contributed by atoms with Gasteiger partial charge in [0, 0.05) is 18.5 Å². The number of β-amino-alcohol motifs (C(OH)–C–C–N with tert-alkyl or cyclic N) is 1. The van der Waals surface area contributed by atoms with Gasteiger partial charge in [-0.1, -0.05) is 6.07 Å². The van der Waals surface area contributed by atoms with Gasteiger partial charge in [0.2, 0.25) is 5.91 Å². The Morgan fingerprint density at radius 3 is 3.09 bits per heavy atom. The van der Waals surface area contributed by atoms with Crippen LogP contribution in [-0.4, -0.2) is 51.6 Å². The van der Waals surface area contributed by atoms with Crippen LogP contribution in [0.15, 0.2) is 24.5 Å². The minimum atomic E-state index is -0.417. The van der Waals surface area contributed by atoms with E-state index >= 15 is 0 Å². The molecule has 1 aliphatic rings. The number of aliphatic hydroxyl groups excluding tert-OH is 1. The predicted molar refractivity (Wildman–Crippen MR) is 79.8 cm³/mol. The third kappa shape index (κ3) is 2.71. The highest BCUT2D eigenvalue weighted by atomic mass is 19.1. The number of aromatic nitrogens is 2. The van der Waals surface area contributed by atoms with Crippen LogP contribution < -0.4 is 5.32 Å². The standard InChI is InChI=1S/C15H17FN4O2/c16-11-4-1-3-10-13(11)17-9-18-14(10)19-12-5-2-6-20(7-8-21)15(12)22/h1,3-4,9,12,21H,2,5-8H2,(H,17,18,19)/t12-/m1/s1. The van der Waals surface area contributed by atoms with Crippen molar-refractivity contribution >= 4 is 22.6 Å². The number of amides is 1. The van der Waals surface area contributed by atoms with E-state index in [9.17, 15) is 9.18 Å². The number of hydrogen-bond acceptors (Lipinski definition) is 5. The van der Waals surface area contributed by atoms with E-state index in [1.165, 1.54) is 12.4 Å². The van der Waals surface area contributed by atoms with Crippen LogP contribution in [0.3, 0.4) is 0 Å². The lowest BCUT2D eigenvalue weighted by molar-refractivity contribution is -0.134. The van der Waals surface area contributed by atoms with E-state index in [2.05, 4.69) is 15.3 Å². The molecule has 6 nitrogen and oxygen atoms in total. The molecule has 7 heteroatoms. The Bertz CT molecular complexity index is 692. The maximum atomic E-state index is 13.8. The summed E-state index contributed by atoms with van der Waals surface area (Å²) < 4.78 is 13.8. The fourth-order valence-electron chi connectivity index (χ4n) is 2.75. The number of hydrogen-bond donors (Lipinski definition) is 2. The molecular formula is C15H17FN4O2. The van der Waals surface area contributed by atoms with Gasteiger partial charge in [0.1, 0.15) is 29.5 Å². The summed E-state index contributed by atoms with van der Waals surface area (Å²) in [7, 11) is 0. The number of piperidine rings is 1. The summed E-state index contributed by atoms with van der Waals surface area (Å²) in [5, 5.41) is 12.7. The summed E-state index contributed by atoms with van der Waals surface area (Å²) >= 11 is 0. The maximum Gasteiger partial charge on any atom is 0.245 e. The van der Waals surface area contributed by atoms with Crippen molar-refractivity contribution in [2.45, 2.75) is 18.9 Å². The van der Waals surface area contributed by atoms with E-state index in [-0.39, 0.29) is 18.0 Å². The van der Waals surface area contributed by atoms with E-state index in [1.54, 1.807) is 17.0 Å². The lowest BCUT2D eigenvalue weighted by Gasteiger charge is -2.32. The van der Waals surface area contributed by atoms with Gasteiger partial charge in [-0.2, -0.15) is 0 Å². The van der Waals surface area contributed by atoms with Crippen LogP contribution in [0.5, 0.6) is 0 Å². The summed E-state index contributed by atoms with van der Waals surface area (Å²) in [5.41, 5.74) is 0.232.